The van der Waals surface area contributed by atoms with Crippen LogP contribution in [0, 0.1) is 0 Å². The van der Waals surface area contributed by atoms with Crippen LogP contribution in [-0.2, 0) is 13.1 Å². The monoisotopic (exact) mass is 222 g/mol. The Morgan fingerprint density at radius 2 is 2.06 bits per heavy atom. The summed E-state index contributed by atoms with van der Waals surface area (Å²) in [4.78, 5) is 12.2. The predicted molar refractivity (Wildman–Crippen MR) is 67.8 cm³/mol. The summed E-state index contributed by atoms with van der Waals surface area (Å²) in [5, 5.41) is 3.03. The van der Waals surface area contributed by atoms with Gasteiger partial charge in [0.15, 0.2) is 0 Å². The van der Waals surface area contributed by atoms with Gasteiger partial charge >= 0.3 is 0 Å². The van der Waals surface area contributed by atoms with Gasteiger partial charge in [-0.15, -0.1) is 0 Å². The molecule has 0 fully saturated rings. The molecule has 1 N–H and O–H groups in total. The van der Waals surface area contributed by atoms with Crippen molar-refractivity contribution in [2.24, 2.45) is 0 Å². The predicted octanol–water partition coefficient (Wildman–Crippen LogP) is 2.10. The van der Waals surface area contributed by atoms with Crippen molar-refractivity contribution in [1.29, 1.82) is 0 Å². The van der Waals surface area contributed by atoms with E-state index >= 15 is 0 Å². The molecule has 1 rings (SSSR count). The van der Waals surface area contributed by atoms with Gasteiger partial charge in [-0.2, -0.15) is 0 Å². The summed E-state index contributed by atoms with van der Waals surface area (Å²) >= 11 is 0. The van der Waals surface area contributed by atoms with Gasteiger partial charge in [-0.1, -0.05) is 26.8 Å². The molecule has 0 saturated heterocycles. The number of aromatic nitrogens is 1. The lowest BCUT2D eigenvalue weighted by atomic mass is 10.1. The maximum Gasteiger partial charge on any atom is 0.255 e. The normalized spacial score (nSPS) is 11.1. The summed E-state index contributed by atoms with van der Waals surface area (Å²) < 4.78 is 1.91. The highest BCUT2D eigenvalue weighted by Gasteiger charge is 2.10. The van der Waals surface area contributed by atoms with E-state index in [4.69, 9.17) is 0 Å². The Balaban J connectivity index is 3.24. The number of pyridine rings is 1. The molecule has 0 amide bonds. The number of hydrogen-bond donors (Lipinski definition) is 1. The van der Waals surface area contributed by atoms with Crippen molar-refractivity contribution in [2.45, 2.75) is 46.2 Å². The Labute approximate surface area is 97.5 Å². The third-order valence-corrected chi connectivity index (χ3v) is 2.69. The molecule has 0 aliphatic rings. The van der Waals surface area contributed by atoms with Gasteiger partial charge in [0.25, 0.3) is 5.56 Å². The smallest absolute Gasteiger partial charge is 0.255 e. The summed E-state index contributed by atoms with van der Waals surface area (Å²) in [7, 11) is 1.86. The van der Waals surface area contributed by atoms with Gasteiger partial charge in [-0.05, 0) is 25.5 Å². The minimum atomic E-state index is 0.155. The van der Waals surface area contributed by atoms with Crippen LogP contribution in [-0.4, -0.2) is 11.6 Å². The van der Waals surface area contributed by atoms with Crippen LogP contribution in [0.5, 0.6) is 0 Å². The van der Waals surface area contributed by atoms with E-state index in [0.29, 0.717) is 12.5 Å². The van der Waals surface area contributed by atoms with Crippen LogP contribution in [0.1, 0.15) is 44.4 Å². The van der Waals surface area contributed by atoms with E-state index in [1.807, 2.05) is 17.7 Å². The van der Waals surface area contributed by atoms with E-state index in [9.17, 15) is 4.79 Å². The zero-order valence-corrected chi connectivity index (χ0v) is 10.7. The van der Waals surface area contributed by atoms with Crippen molar-refractivity contribution >= 4 is 0 Å². The molecular weight excluding hydrogens is 200 g/mol. The summed E-state index contributed by atoms with van der Waals surface area (Å²) in [5.74, 6) is 0.392. The maximum atomic E-state index is 12.2. The van der Waals surface area contributed by atoms with Crippen molar-refractivity contribution in [3.8, 4) is 0 Å². The molecule has 0 bridgehead atoms. The SMILES string of the molecule is CCCn1c(C(C)C)ccc(CNC)c1=O. The first-order valence-corrected chi connectivity index (χ1v) is 5.99. The zero-order valence-electron chi connectivity index (χ0n) is 10.7. The lowest BCUT2D eigenvalue weighted by Crippen LogP contribution is -2.29. The first-order valence-electron chi connectivity index (χ1n) is 5.99. The lowest BCUT2D eigenvalue weighted by molar-refractivity contribution is 0.587. The first-order chi connectivity index (χ1) is 7.61. The standard InChI is InChI=1S/C13H22N2O/c1-5-8-15-12(10(2)3)7-6-11(9-14-4)13(15)16/h6-7,10,14H,5,8-9H2,1-4H3. The molecule has 1 heterocycles. The van der Waals surface area contributed by atoms with Crippen LogP contribution in [0.15, 0.2) is 16.9 Å². The number of hydrogen-bond acceptors (Lipinski definition) is 2. The minimum Gasteiger partial charge on any atom is -0.315 e. The average molecular weight is 222 g/mol. The topological polar surface area (TPSA) is 34.0 Å². The van der Waals surface area contributed by atoms with Crippen LogP contribution in [0.25, 0.3) is 0 Å². The second kappa shape index (κ2) is 5.85. The highest BCUT2D eigenvalue weighted by molar-refractivity contribution is 5.18. The van der Waals surface area contributed by atoms with E-state index < -0.39 is 0 Å². The molecule has 0 unspecified atom stereocenters. The number of rotatable bonds is 5. The molecule has 0 aliphatic heterocycles. The highest BCUT2D eigenvalue weighted by Crippen LogP contribution is 2.13. The molecule has 0 radical (unpaired) electrons. The Bertz CT molecular complexity index is 393. The second-order valence-corrected chi connectivity index (χ2v) is 4.43. The van der Waals surface area contributed by atoms with Crippen molar-refractivity contribution in [2.75, 3.05) is 7.05 Å². The van der Waals surface area contributed by atoms with Gasteiger partial charge in [-0.25, -0.2) is 0 Å². The maximum absolute atomic E-state index is 12.2. The molecule has 3 nitrogen and oxygen atoms in total. The van der Waals surface area contributed by atoms with Crippen LogP contribution < -0.4 is 10.9 Å². The first kappa shape index (κ1) is 13.0. The van der Waals surface area contributed by atoms with Crippen molar-refractivity contribution in [3.63, 3.8) is 0 Å². The van der Waals surface area contributed by atoms with Crippen LogP contribution in [0.2, 0.25) is 0 Å². The van der Waals surface area contributed by atoms with Gasteiger partial charge < -0.3 is 9.88 Å². The minimum absolute atomic E-state index is 0.155. The molecule has 90 valence electrons. The molecule has 0 aromatic carbocycles. The zero-order chi connectivity index (χ0) is 12.1. The number of nitrogens with zero attached hydrogens (tertiary/aromatic N) is 1. The van der Waals surface area contributed by atoms with Gasteiger partial charge in [0, 0.05) is 24.3 Å². The van der Waals surface area contributed by atoms with E-state index in [2.05, 4.69) is 32.2 Å². The fourth-order valence-electron chi connectivity index (χ4n) is 1.92. The van der Waals surface area contributed by atoms with E-state index in [0.717, 1.165) is 24.2 Å². The third kappa shape index (κ3) is 2.73. The van der Waals surface area contributed by atoms with Crippen LogP contribution in [0.3, 0.4) is 0 Å². The second-order valence-electron chi connectivity index (χ2n) is 4.43. The van der Waals surface area contributed by atoms with E-state index in [-0.39, 0.29) is 5.56 Å². The van der Waals surface area contributed by atoms with Gasteiger partial charge in [0.05, 0.1) is 0 Å². The quantitative estimate of drug-likeness (QED) is 0.828. The Morgan fingerprint density at radius 1 is 1.38 bits per heavy atom. The fourth-order valence-corrected chi connectivity index (χ4v) is 1.92. The van der Waals surface area contributed by atoms with Gasteiger partial charge in [0.1, 0.15) is 0 Å². The van der Waals surface area contributed by atoms with Crippen LogP contribution >= 0.6 is 0 Å². The summed E-state index contributed by atoms with van der Waals surface area (Å²) in [6.45, 7) is 7.80. The highest BCUT2D eigenvalue weighted by atomic mass is 16.1. The molecule has 0 aliphatic carbocycles. The molecule has 1 aromatic heterocycles. The fraction of sp³-hybridized carbons (Fsp3) is 0.615. The molecule has 0 saturated carbocycles. The lowest BCUT2D eigenvalue weighted by Gasteiger charge is -2.16. The Morgan fingerprint density at radius 3 is 2.56 bits per heavy atom. The van der Waals surface area contributed by atoms with Crippen molar-refractivity contribution in [1.82, 2.24) is 9.88 Å². The van der Waals surface area contributed by atoms with E-state index in [1.54, 1.807) is 0 Å². The molecule has 16 heavy (non-hydrogen) atoms. The largest absolute Gasteiger partial charge is 0.315 e. The third-order valence-electron chi connectivity index (χ3n) is 2.69. The Kier molecular flexibility index (Phi) is 4.74. The van der Waals surface area contributed by atoms with Gasteiger partial charge in [0.2, 0.25) is 0 Å². The summed E-state index contributed by atoms with van der Waals surface area (Å²) in [6, 6.07) is 4.02. The number of nitrogens with one attached hydrogen (secondary N) is 1. The van der Waals surface area contributed by atoms with Crippen molar-refractivity contribution in [3.05, 3.63) is 33.7 Å². The molecule has 1 aromatic rings. The van der Waals surface area contributed by atoms with Crippen molar-refractivity contribution < 1.29 is 0 Å². The van der Waals surface area contributed by atoms with Crippen LogP contribution in [0.4, 0.5) is 0 Å². The summed E-state index contributed by atoms with van der Waals surface area (Å²) in [6.07, 6.45) is 0.989. The average Bonchev–Trinajstić information content (AvgIpc) is 2.24. The Hall–Kier alpha value is -1.09. The summed E-state index contributed by atoms with van der Waals surface area (Å²) in [5.41, 5.74) is 2.13. The van der Waals surface area contributed by atoms with Gasteiger partial charge in [-0.3, -0.25) is 4.79 Å². The molecule has 0 spiro atoms. The van der Waals surface area contributed by atoms with E-state index in [1.165, 1.54) is 0 Å². The molecule has 0 atom stereocenters. The molecule has 3 heteroatoms. The molecular formula is C13H22N2O.